The molecule has 0 aliphatic heterocycles. The van der Waals surface area contributed by atoms with E-state index in [0.29, 0.717) is 11.1 Å². The van der Waals surface area contributed by atoms with Crippen molar-refractivity contribution in [3.63, 3.8) is 0 Å². The van der Waals surface area contributed by atoms with Crippen molar-refractivity contribution in [2.45, 2.75) is 31.8 Å². The van der Waals surface area contributed by atoms with Crippen LogP contribution in [-0.2, 0) is 20.9 Å². The van der Waals surface area contributed by atoms with E-state index in [1.807, 2.05) is 0 Å². The highest BCUT2D eigenvalue weighted by atomic mass is 16.5. The largest absolute Gasteiger partial charge is 0.454 e. The summed E-state index contributed by atoms with van der Waals surface area (Å²) in [6.45, 7) is 0.788. The molecule has 1 aliphatic carbocycles. The summed E-state index contributed by atoms with van der Waals surface area (Å²) in [5.41, 5.74) is -0.103. The first-order chi connectivity index (χ1) is 11.9. The number of ether oxygens (including phenoxy) is 1. The predicted octanol–water partition coefficient (Wildman–Crippen LogP) is 0.946. The van der Waals surface area contributed by atoms with Crippen molar-refractivity contribution >= 4 is 23.0 Å². The van der Waals surface area contributed by atoms with Crippen LogP contribution in [0.1, 0.15) is 19.8 Å². The highest BCUT2D eigenvalue weighted by molar-refractivity contribution is 5.82. The molecule has 1 saturated carbocycles. The van der Waals surface area contributed by atoms with Gasteiger partial charge in [0.05, 0.1) is 11.6 Å². The van der Waals surface area contributed by atoms with Crippen LogP contribution in [0.15, 0.2) is 33.5 Å². The molecule has 1 fully saturated rings. The summed E-state index contributed by atoms with van der Waals surface area (Å²) in [5.74, 6) is -1.83. The predicted molar refractivity (Wildman–Crippen MR) is 86.3 cm³/mol. The van der Waals surface area contributed by atoms with Gasteiger partial charge in [-0.25, -0.2) is 4.79 Å². The number of benzene rings is 1. The molecule has 1 N–H and O–H groups in total. The number of para-hydroxylation sites is 2. The standard InChI is InChI=1S/C17H17N3O5/c1-17(10-18,11-6-7-11)19-14(21)9-24-15(22)8-20-12-4-2-3-5-13(12)25-16(20)23/h2-5,11H,6-9H2,1H3,(H,19,21)/t17-/m0/s1. The zero-order chi connectivity index (χ0) is 18.0. The van der Waals surface area contributed by atoms with E-state index in [1.54, 1.807) is 31.2 Å². The number of hydrogen-bond acceptors (Lipinski definition) is 6. The molecule has 8 nitrogen and oxygen atoms in total. The van der Waals surface area contributed by atoms with Crippen LogP contribution in [0, 0.1) is 17.2 Å². The van der Waals surface area contributed by atoms with E-state index < -0.39 is 29.8 Å². The molecular formula is C17H17N3O5. The van der Waals surface area contributed by atoms with Gasteiger partial charge < -0.3 is 14.5 Å². The molecule has 0 bridgehead atoms. The van der Waals surface area contributed by atoms with Crippen molar-refractivity contribution in [1.29, 1.82) is 5.26 Å². The number of esters is 1. The van der Waals surface area contributed by atoms with Crippen molar-refractivity contribution in [1.82, 2.24) is 9.88 Å². The van der Waals surface area contributed by atoms with Crippen LogP contribution in [-0.4, -0.2) is 28.6 Å². The topological polar surface area (TPSA) is 114 Å². The van der Waals surface area contributed by atoms with Crippen LogP contribution in [0.5, 0.6) is 0 Å². The van der Waals surface area contributed by atoms with E-state index in [4.69, 9.17) is 9.15 Å². The molecule has 8 heteroatoms. The van der Waals surface area contributed by atoms with E-state index in [0.717, 1.165) is 17.4 Å². The lowest BCUT2D eigenvalue weighted by atomic mass is 9.98. The Balaban J connectivity index is 1.58. The van der Waals surface area contributed by atoms with E-state index in [2.05, 4.69) is 11.4 Å². The second kappa shape index (κ2) is 6.43. The van der Waals surface area contributed by atoms with E-state index >= 15 is 0 Å². The fraction of sp³-hybridized carbons (Fsp3) is 0.412. The summed E-state index contributed by atoms with van der Waals surface area (Å²) < 4.78 is 11.1. The van der Waals surface area contributed by atoms with Crippen LogP contribution >= 0.6 is 0 Å². The maximum absolute atomic E-state index is 11.9. The fourth-order valence-electron chi connectivity index (χ4n) is 2.69. The van der Waals surface area contributed by atoms with Gasteiger partial charge in [-0.15, -0.1) is 0 Å². The van der Waals surface area contributed by atoms with Crippen LogP contribution in [0.4, 0.5) is 0 Å². The second-order valence-corrected chi connectivity index (χ2v) is 6.22. The highest BCUT2D eigenvalue weighted by Crippen LogP contribution is 2.39. The lowest BCUT2D eigenvalue weighted by Gasteiger charge is -2.22. The number of aromatic nitrogens is 1. The SMILES string of the molecule is C[C@@](C#N)(NC(=O)COC(=O)Cn1c(=O)oc2ccccc21)C1CC1. The fourth-order valence-corrected chi connectivity index (χ4v) is 2.69. The highest BCUT2D eigenvalue weighted by Gasteiger charge is 2.43. The van der Waals surface area contributed by atoms with Crippen molar-refractivity contribution in [3.8, 4) is 6.07 Å². The zero-order valence-corrected chi connectivity index (χ0v) is 13.7. The normalized spacial score (nSPS) is 16.0. The van der Waals surface area contributed by atoms with Gasteiger partial charge in [-0.1, -0.05) is 12.1 Å². The molecule has 1 aromatic heterocycles. The summed E-state index contributed by atoms with van der Waals surface area (Å²) in [7, 11) is 0. The Morgan fingerprint density at radius 3 is 2.84 bits per heavy atom. The van der Waals surface area contributed by atoms with Crippen LogP contribution < -0.4 is 11.1 Å². The smallest absolute Gasteiger partial charge is 0.420 e. The molecule has 0 saturated heterocycles. The molecule has 3 rings (SSSR count). The van der Waals surface area contributed by atoms with Gasteiger partial charge in [0.25, 0.3) is 5.91 Å². The van der Waals surface area contributed by atoms with Gasteiger partial charge in [0.1, 0.15) is 12.1 Å². The molecule has 1 aliphatic rings. The Labute approximate surface area is 143 Å². The molecule has 1 aromatic carbocycles. The number of nitriles is 1. The third-order valence-electron chi connectivity index (χ3n) is 4.25. The molecular weight excluding hydrogens is 326 g/mol. The van der Waals surface area contributed by atoms with Gasteiger partial charge in [-0.3, -0.25) is 14.2 Å². The summed E-state index contributed by atoms with van der Waals surface area (Å²) in [6.07, 6.45) is 1.78. The quantitative estimate of drug-likeness (QED) is 0.781. The first kappa shape index (κ1) is 16.8. The van der Waals surface area contributed by atoms with Crippen molar-refractivity contribution in [2.24, 2.45) is 5.92 Å². The van der Waals surface area contributed by atoms with Gasteiger partial charge in [-0.2, -0.15) is 5.26 Å². The first-order valence-electron chi connectivity index (χ1n) is 7.89. The number of oxazole rings is 1. The maximum atomic E-state index is 11.9. The van der Waals surface area contributed by atoms with Crippen molar-refractivity contribution in [3.05, 3.63) is 34.8 Å². The Hall–Kier alpha value is -3.08. The molecule has 0 unspecified atom stereocenters. The number of rotatable bonds is 6. The lowest BCUT2D eigenvalue weighted by Crippen LogP contribution is -2.48. The number of carbonyl (C=O) groups excluding carboxylic acids is 2. The lowest BCUT2D eigenvalue weighted by molar-refractivity contribution is -0.149. The summed E-state index contributed by atoms with van der Waals surface area (Å²) in [6, 6.07) is 8.79. The van der Waals surface area contributed by atoms with E-state index in [-0.39, 0.29) is 12.5 Å². The number of nitrogens with one attached hydrogen (secondary N) is 1. The average molecular weight is 343 g/mol. The molecule has 1 heterocycles. The number of nitrogens with zero attached hydrogens (tertiary/aromatic N) is 2. The van der Waals surface area contributed by atoms with Crippen LogP contribution in [0.3, 0.4) is 0 Å². The van der Waals surface area contributed by atoms with Gasteiger partial charge in [0.2, 0.25) is 0 Å². The molecule has 0 spiro atoms. The Morgan fingerprint density at radius 2 is 2.16 bits per heavy atom. The number of amides is 1. The van der Waals surface area contributed by atoms with E-state index in [9.17, 15) is 19.6 Å². The minimum atomic E-state index is -0.943. The Kier molecular flexibility index (Phi) is 4.31. The molecule has 25 heavy (non-hydrogen) atoms. The third kappa shape index (κ3) is 3.55. The first-order valence-corrected chi connectivity index (χ1v) is 7.89. The molecule has 2 aromatic rings. The monoisotopic (exact) mass is 343 g/mol. The average Bonchev–Trinajstić information content (AvgIpc) is 3.40. The molecule has 0 radical (unpaired) electrons. The summed E-state index contributed by atoms with van der Waals surface area (Å²) in [4.78, 5) is 35.6. The van der Waals surface area contributed by atoms with E-state index in [1.165, 1.54) is 0 Å². The van der Waals surface area contributed by atoms with Gasteiger partial charge in [-0.05, 0) is 37.8 Å². The number of hydrogen-bond donors (Lipinski definition) is 1. The third-order valence-corrected chi connectivity index (χ3v) is 4.25. The Morgan fingerprint density at radius 1 is 1.44 bits per heavy atom. The van der Waals surface area contributed by atoms with Gasteiger partial charge >= 0.3 is 11.7 Å². The van der Waals surface area contributed by atoms with Crippen LogP contribution in [0.2, 0.25) is 0 Å². The minimum absolute atomic E-state index is 0.132. The molecule has 130 valence electrons. The van der Waals surface area contributed by atoms with Crippen molar-refractivity contribution in [2.75, 3.05) is 6.61 Å². The van der Waals surface area contributed by atoms with Gasteiger partial charge in [0, 0.05) is 0 Å². The minimum Gasteiger partial charge on any atom is -0.454 e. The van der Waals surface area contributed by atoms with Crippen LogP contribution in [0.25, 0.3) is 11.1 Å². The van der Waals surface area contributed by atoms with Gasteiger partial charge in [0.15, 0.2) is 12.2 Å². The number of fused-ring (bicyclic) bond motifs is 1. The Bertz CT molecular complexity index is 918. The maximum Gasteiger partial charge on any atom is 0.420 e. The molecule has 1 atom stereocenters. The second-order valence-electron chi connectivity index (χ2n) is 6.22. The van der Waals surface area contributed by atoms with Crippen molar-refractivity contribution < 1.29 is 18.7 Å². The molecule has 1 amide bonds. The summed E-state index contributed by atoms with van der Waals surface area (Å²) in [5, 5.41) is 11.8. The zero-order valence-electron chi connectivity index (χ0n) is 13.7. The number of carbonyl (C=O) groups is 2. The summed E-state index contributed by atoms with van der Waals surface area (Å²) >= 11 is 0.